The van der Waals surface area contributed by atoms with Gasteiger partial charge in [0.05, 0.1) is 24.7 Å². The Bertz CT molecular complexity index is 614. The predicted octanol–water partition coefficient (Wildman–Crippen LogP) is 3.87. The van der Waals surface area contributed by atoms with Crippen LogP contribution in [0.3, 0.4) is 0 Å². The first-order chi connectivity index (χ1) is 11.9. The Morgan fingerprint density at radius 3 is 2.38 bits per heavy atom. The minimum absolute atomic E-state index is 0.00990. The Balaban J connectivity index is 1.75. The van der Waals surface area contributed by atoms with E-state index in [0.29, 0.717) is 12.3 Å². The number of rotatable bonds is 2. The molecule has 26 heavy (non-hydrogen) atoms. The molecule has 5 nitrogen and oxygen atoms in total. The molecule has 0 N–H and O–H groups in total. The van der Waals surface area contributed by atoms with E-state index in [4.69, 9.17) is 18.6 Å². The molecule has 0 aromatic rings. The van der Waals surface area contributed by atoms with Crippen LogP contribution in [0.4, 0.5) is 0 Å². The van der Waals surface area contributed by atoms with Gasteiger partial charge < -0.3 is 18.6 Å². The Labute approximate surface area is 158 Å². The van der Waals surface area contributed by atoms with Gasteiger partial charge in [-0.1, -0.05) is 13.8 Å². The van der Waals surface area contributed by atoms with Crippen LogP contribution in [0.5, 0.6) is 0 Å². The first kappa shape index (κ1) is 18.9. The number of ether oxygens (including phenoxy) is 3. The van der Waals surface area contributed by atoms with Crippen molar-refractivity contribution in [2.24, 2.45) is 17.3 Å². The third-order valence-corrected chi connectivity index (χ3v) is 8.29. The lowest BCUT2D eigenvalue weighted by Gasteiger charge is -2.59. The summed E-state index contributed by atoms with van der Waals surface area (Å²) in [5.74, 6) is -0.0761. The van der Waals surface area contributed by atoms with Gasteiger partial charge in [0.15, 0.2) is 14.1 Å². The Hall–Kier alpha value is -0.433. The van der Waals surface area contributed by atoms with Gasteiger partial charge in [0.2, 0.25) is 0 Å². The molecular weight excluding hydrogens is 348 g/mol. The van der Waals surface area contributed by atoms with E-state index < -0.39 is 19.7 Å². The summed E-state index contributed by atoms with van der Waals surface area (Å²) in [6.07, 6.45) is 3.25. The number of hydrogen-bond acceptors (Lipinski definition) is 5. The van der Waals surface area contributed by atoms with E-state index in [1.54, 1.807) is 0 Å². The lowest BCUT2D eigenvalue weighted by atomic mass is 9.50. The number of carbonyl (C=O) groups excluding carboxylic acids is 1. The smallest absolute Gasteiger partial charge is 0.307 e. The molecule has 4 rings (SSSR count). The first-order valence-electron chi connectivity index (χ1n) is 10.1. The lowest BCUT2D eigenvalue weighted by molar-refractivity contribution is -0.218. The summed E-state index contributed by atoms with van der Waals surface area (Å²) in [6, 6.07) is 0. The van der Waals surface area contributed by atoms with Crippen LogP contribution in [0, 0.1) is 17.3 Å². The molecule has 2 aliphatic carbocycles. The zero-order chi connectivity index (χ0) is 19.1. The van der Waals surface area contributed by atoms with Crippen molar-refractivity contribution in [3.8, 4) is 0 Å². The fraction of sp³-hybridized carbons (Fsp3) is 0.950. The minimum atomic E-state index is -1.71. The molecule has 4 aliphatic rings. The standard InChI is InChI=1S/C20H34O5Si/c1-12-8-14(25-26(5,6)7)13-9-15-16(23-18(2,3)22-15)10-20(13)19(12,4)11-17(21)24-20/h12-16H,8-11H2,1-7H3/t12-,13-,14-,15+,16-,19+,20-/m1/s1. The number of hydrogen-bond donors (Lipinski definition) is 0. The molecular formula is C20H34O5Si. The molecule has 2 saturated heterocycles. The summed E-state index contributed by atoms with van der Waals surface area (Å²) in [5.41, 5.74) is -0.647. The van der Waals surface area contributed by atoms with Crippen LogP contribution in [-0.4, -0.2) is 44.0 Å². The van der Waals surface area contributed by atoms with Crippen LogP contribution in [0.25, 0.3) is 0 Å². The highest BCUT2D eigenvalue weighted by atomic mass is 28.4. The molecule has 0 unspecified atom stereocenters. The molecule has 0 amide bonds. The van der Waals surface area contributed by atoms with Crippen LogP contribution in [0.15, 0.2) is 0 Å². The molecule has 0 aromatic heterocycles. The summed E-state index contributed by atoms with van der Waals surface area (Å²) in [7, 11) is -1.71. The minimum Gasteiger partial charge on any atom is -0.458 e. The third kappa shape index (κ3) is 2.71. The van der Waals surface area contributed by atoms with E-state index in [0.717, 1.165) is 19.3 Å². The average Bonchev–Trinajstić information content (AvgIpc) is 2.88. The van der Waals surface area contributed by atoms with E-state index in [2.05, 4.69) is 33.5 Å². The van der Waals surface area contributed by atoms with Crippen molar-refractivity contribution in [1.82, 2.24) is 0 Å². The van der Waals surface area contributed by atoms with Gasteiger partial charge in [0.1, 0.15) is 5.60 Å². The molecule has 7 atom stereocenters. The van der Waals surface area contributed by atoms with Crippen molar-refractivity contribution in [3.63, 3.8) is 0 Å². The number of esters is 1. The van der Waals surface area contributed by atoms with Crippen LogP contribution >= 0.6 is 0 Å². The molecule has 0 bridgehead atoms. The highest BCUT2D eigenvalue weighted by Crippen LogP contribution is 2.65. The molecule has 2 saturated carbocycles. The maximum atomic E-state index is 12.5. The molecule has 148 valence electrons. The highest BCUT2D eigenvalue weighted by molar-refractivity contribution is 6.69. The molecule has 1 spiro atoms. The van der Waals surface area contributed by atoms with Gasteiger partial charge in [0.25, 0.3) is 0 Å². The van der Waals surface area contributed by atoms with Gasteiger partial charge in [-0.25, -0.2) is 0 Å². The van der Waals surface area contributed by atoms with Gasteiger partial charge in [0, 0.05) is 17.8 Å². The second-order valence-electron chi connectivity index (χ2n) is 10.6. The normalized spacial score (nSPS) is 50.0. The van der Waals surface area contributed by atoms with Crippen molar-refractivity contribution in [3.05, 3.63) is 0 Å². The quantitative estimate of drug-likeness (QED) is 0.536. The average molecular weight is 383 g/mol. The monoisotopic (exact) mass is 382 g/mol. The second kappa shape index (κ2) is 5.55. The van der Waals surface area contributed by atoms with Gasteiger partial charge >= 0.3 is 5.97 Å². The maximum Gasteiger partial charge on any atom is 0.307 e. The summed E-state index contributed by atoms with van der Waals surface area (Å²) in [4.78, 5) is 12.5. The zero-order valence-corrected chi connectivity index (χ0v) is 18.3. The Kier molecular flexibility index (Phi) is 4.04. The molecule has 2 heterocycles. The predicted molar refractivity (Wildman–Crippen MR) is 100 cm³/mol. The van der Waals surface area contributed by atoms with Crippen molar-refractivity contribution in [2.75, 3.05) is 0 Å². The van der Waals surface area contributed by atoms with Crippen LogP contribution in [0.1, 0.15) is 53.4 Å². The van der Waals surface area contributed by atoms with Gasteiger partial charge in [-0.3, -0.25) is 4.79 Å². The van der Waals surface area contributed by atoms with Crippen molar-refractivity contribution in [1.29, 1.82) is 0 Å². The van der Waals surface area contributed by atoms with Crippen LogP contribution < -0.4 is 0 Å². The van der Waals surface area contributed by atoms with E-state index in [1.165, 1.54) is 0 Å². The van der Waals surface area contributed by atoms with Gasteiger partial charge in [-0.15, -0.1) is 0 Å². The van der Waals surface area contributed by atoms with Crippen molar-refractivity contribution < 1.29 is 23.4 Å². The summed E-state index contributed by atoms with van der Waals surface area (Å²) < 4.78 is 25.3. The van der Waals surface area contributed by atoms with Crippen LogP contribution in [0.2, 0.25) is 19.6 Å². The van der Waals surface area contributed by atoms with Crippen molar-refractivity contribution in [2.45, 2.75) is 103 Å². The summed E-state index contributed by atoms with van der Waals surface area (Å²) in [6.45, 7) is 15.2. The van der Waals surface area contributed by atoms with Gasteiger partial charge in [-0.05, 0) is 52.2 Å². The number of fused-ring (bicyclic) bond motifs is 1. The summed E-state index contributed by atoms with van der Waals surface area (Å²) in [5, 5.41) is 0. The van der Waals surface area contributed by atoms with Crippen molar-refractivity contribution >= 4 is 14.3 Å². The lowest BCUT2D eigenvalue weighted by Crippen LogP contribution is -2.66. The molecule has 2 aliphatic heterocycles. The molecule has 6 heteroatoms. The number of carbonyl (C=O) groups is 1. The fourth-order valence-corrected chi connectivity index (χ4v) is 7.32. The van der Waals surface area contributed by atoms with E-state index in [-0.39, 0.29) is 35.6 Å². The van der Waals surface area contributed by atoms with Crippen LogP contribution in [-0.2, 0) is 23.4 Å². The van der Waals surface area contributed by atoms with E-state index >= 15 is 0 Å². The summed E-state index contributed by atoms with van der Waals surface area (Å²) >= 11 is 0. The SMILES string of the molecule is C[C@@H]1C[C@@H](O[Si](C)(C)C)[C@H]2C[C@@H]3OC(C)(C)O[C@@H]3C[C@@]23OC(=O)C[C@@]13C. The topological polar surface area (TPSA) is 54.0 Å². The van der Waals surface area contributed by atoms with E-state index in [1.807, 2.05) is 13.8 Å². The fourth-order valence-electron chi connectivity index (χ4n) is 6.15. The maximum absolute atomic E-state index is 12.5. The molecule has 0 aromatic carbocycles. The second-order valence-corrected chi connectivity index (χ2v) is 15.1. The molecule has 4 fully saturated rings. The largest absolute Gasteiger partial charge is 0.458 e. The van der Waals surface area contributed by atoms with E-state index in [9.17, 15) is 4.79 Å². The highest BCUT2D eigenvalue weighted by Gasteiger charge is 2.71. The Morgan fingerprint density at radius 2 is 1.73 bits per heavy atom. The first-order valence-corrected chi connectivity index (χ1v) is 13.5. The zero-order valence-electron chi connectivity index (χ0n) is 17.3. The van der Waals surface area contributed by atoms with Gasteiger partial charge in [-0.2, -0.15) is 0 Å². The Morgan fingerprint density at radius 1 is 1.08 bits per heavy atom. The molecule has 0 radical (unpaired) electrons. The third-order valence-electron chi connectivity index (χ3n) is 7.28.